The first-order valence-corrected chi connectivity index (χ1v) is 31.5. The van der Waals surface area contributed by atoms with Gasteiger partial charge in [0.2, 0.25) is 0 Å². The number of nitrogens with two attached hydrogens (primary N) is 1. The van der Waals surface area contributed by atoms with E-state index in [1.807, 2.05) is 149 Å². The van der Waals surface area contributed by atoms with Crippen molar-refractivity contribution < 1.29 is 24.2 Å². The third-order valence-electron chi connectivity index (χ3n) is 15.0. The van der Waals surface area contributed by atoms with Crippen LogP contribution in [0.2, 0.25) is 18.1 Å². The lowest BCUT2D eigenvalue weighted by molar-refractivity contribution is 0.0499. The maximum atomic E-state index is 12.8. The summed E-state index contributed by atoms with van der Waals surface area (Å²) < 4.78 is 19.3. The second-order valence-corrected chi connectivity index (χ2v) is 28.5. The minimum atomic E-state index is -1.95. The Bertz CT molecular complexity index is 3900. The van der Waals surface area contributed by atoms with E-state index >= 15 is 0 Å². The van der Waals surface area contributed by atoms with Crippen molar-refractivity contribution in [2.45, 2.75) is 130 Å². The van der Waals surface area contributed by atoms with Crippen LogP contribution in [0.25, 0.3) is 78.5 Å². The Labute approximate surface area is 518 Å². The zero-order valence-electron chi connectivity index (χ0n) is 51.1. The number of pyridine rings is 4. The molecule has 0 aliphatic carbocycles. The number of ether oxygens (including phenoxy) is 1. The van der Waals surface area contributed by atoms with Crippen molar-refractivity contribution in [1.82, 2.24) is 64.4 Å². The number of nitrogens with one attached hydrogen (secondary N) is 1. The van der Waals surface area contributed by atoms with Crippen molar-refractivity contribution in [1.29, 1.82) is 0 Å². The van der Waals surface area contributed by atoms with Crippen molar-refractivity contribution >= 4 is 63.2 Å². The number of carbonyl (C=O) groups is 1. The molecular formula is C64H82N14O5S2Si. The second-order valence-electron chi connectivity index (χ2n) is 23.7. The monoisotopic (exact) mass is 1220 g/mol. The van der Waals surface area contributed by atoms with Crippen LogP contribution >= 0.6 is 27.0 Å². The molecular weight excluding hydrogens is 1140 g/mol. The Balaban J connectivity index is 0.000000253. The van der Waals surface area contributed by atoms with E-state index in [0.29, 0.717) is 36.8 Å². The summed E-state index contributed by atoms with van der Waals surface area (Å²) in [7, 11) is 1.85. The van der Waals surface area contributed by atoms with Crippen molar-refractivity contribution in [3.05, 3.63) is 157 Å². The maximum Gasteiger partial charge on any atom is 0.408 e. The molecule has 0 radical (unpaired) electrons. The molecule has 0 spiro atoms. The highest BCUT2D eigenvalue weighted by atomic mass is 32.1. The zero-order chi connectivity index (χ0) is 59.9. The van der Waals surface area contributed by atoms with Crippen LogP contribution in [0.1, 0.15) is 115 Å². The topological polar surface area (TPSA) is 237 Å². The van der Waals surface area contributed by atoms with Crippen LogP contribution in [0.15, 0.2) is 134 Å². The number of aliphatic hydroxyl groups excluding tert-OH is 2. The van der Waals surface area contributed by atoms with Crippen molar-refractivity contribution in [3.8, 4) is 56.7 Å². The number of aryl methyl sites for hydroxylation is 2. The van der Waals surface area contributed by atoms with Gasteiger partial charge in [0.15, 0.2) is 20.0 Å². The van der Waals surface area contributed by atoms with Crippen LogP contribution in [0, 0.1) is 0 Å². The number of amides is 1. The predicted molar refractivity (Wildman–Crippen MR) is 352 cm³/mol. The average Bonchev–Trinajstić information content (AvgIpc) is 1.72. The van der Waals surface area contributed by atoms with Crippen LogP contribution in [0.5, 0.6) is 0 Å². The number of carbonyl (C=O) groups excluding carboxylic acids is 1. The van der Waals surface area contributed by atoms with Gasteiger partial charge in [0.05, 0.1) is 88.2 Å². The normalized spacial score (nSPS) is 12.5. The van der Waals surface area contributed by atoms with Gasteiger partial charge in [-0.3, -0.25) is 19.3 Å². The highest BCUT2D eigenvalue weighted by Crippen LogP contribution is 2.39. The SMILES string of the molecule is CCCC[C@H](NC(=O)OC(C)(C)C)c1cccc(-c2cc(-c3ccn(C)n3)c3cnn(-c4cccc(CO[Si](C)(C)C(C)(C)C)n4)c3c2)n1.Cn1ccc(-c2cc(-c3cccc([C@@H](N)CCCO)n3)cc3c2cnn3-c2cccc(CO)n2)n1.S.S. The van der Waals surface area contributed by atoms with Gasteiger partial charge >= 0.3 is 6.09 Å². The van der Waals surface area contributed by atoms with E-state index in [-0.39, 0.29) is 57.3 Å². The number of aromatic nitrogens is 12. The highest BCUT2D eigenvalue weighted by molar-refractivity contribution is 7.59. The summed E-state index contributed by atoms with van der Waals surface area (Å²) >= 11 is 0. The van der Waals surface area contributed by atoms with Gasteiger partial charge in [-0.1, -0.05) is 64.8 Å². The molecule has 2 aromatic carbocycles. The number of nitrogens with zero attached hydrogens (tertiary/aromatic N) is 12. The summed E-state index contributed by atoms with van der Waals surface area (Å²) in [4.78, 5) is 32.3. The molecule has 2 atom stereocenters. The number of aliphatic hydroxyl groups is 2. The standard InChI is InChI=1S/C38H51N7O3Si.C26H27N7O2.2H2S/c1-11-12-16-33(42-36(46)48-37(2,3)4)32-18-14-17-30(41-32)26-22-28(31-20-21-44(8)43-31)29-24-39-45(34(29)23-26)35-19-13-15-27(40-35)25-47-49(9,10)38(5,6)7;1-32-11-10-23(31-32)19-13-17(22-7-3-8-24(30-22)21(27)6-4-12-34)14-25-20(19)15-28-33(25)26-9-2-5-18(16-35)29-26;;/h13-15,17-24,33H,11-12,16,25H2,1-10H3,(H,42,46);2-3,5,7-11,13-15,21,34-35H,4,6,12,16,27H2,1H3;2*1H2/t33-;21-;;/m00../s1. The molecule has 10 rings (SSSR count). The molecule has 8 aromatic heterocycles. The van der Waals surface area contributed by atoms with Crippen LogP contribution in [0.4, 0.5) is 4.79 Å². The quantitative estimate of drug-likeness (QED) is 0.0551. The van der Waals surface area contributed by atoms with Crippen LogP contribution in [-0.2, 0) is 36.5 Å². The van der Waals surface area contributed by atoms with E-state index in [1.165, 1.54) is 0 Å². The zero-order valence-corrected chi connectivity index (χ0v) is 54.1. The van der Waals surface area contributed by atoms with Gasteiger partial charge in [-0.15, -0.1) is 0 Å². The summed E-state index contributed by atoms with van der Waals surface area (Å²) in [5.74, 6) is 1.32. The number of fused-ring (bicyclic) bond motifs is 2. The first-order chi connectivity index (χ1) is 40.1. The molecule has 5 N–H and O–H groups in total. The molecule has 0 aliphatic rings. The fourth-order valence-electron chi connectivity index (χ4n) is 9.50. The minimum absolute atomic E-state index is 0. The molecule has 0 saturated carbocycles. The smallest absolute Gasteiger partial charge is 0.408 e. The summed E-state index contributed by atoms with van der Waals surface area (Å²) in [5, 5.41) is 42.6. The van der Waals surface area contributed by atoms with Crippen molar-refractivity contribution in [2.75, 3.05) is 6.61 Å². The number of alkyl carbamates (subject to hydrolysis) is 1. The lowest BCUT2D eigenvalue weighted by Gasteiger charge is -2.36. The maximum absolute atomic E-state index is 12.8. The Hall–Kier alpha value is -7.57. The average molecular weight is 1220 g/mol. The molecule has 19 nitrogen and oxygen atoms in total. The first kappa shape index (κ1) is 66.0. The number of hydrogen-bond donors (Lipinski definition) is 4. The van der Waals surface area contributed by atoms with Crippen LogP contribution < -0.4 is 11.1 Å². The Morgan fingerprint density at radius 3 is 1.65 bits per heavy atom. The van der Waals surface area contributed by atoms with Crippen LogP contribution in [0.3, 0.4) is 0 Å². The van der Waals surface area contributed by atoms with E-state index in [2.05, 4.69) is 79.5 Å². The molecule has 8 heterocycles. The van der Waals surface area contributed by atoms with Gasteiger partial charge in [-0.25, -0.2) is 24.1 Å². The lowest BCUT2D eigenvalue weighted by Crippen LogP contribution is -2.40. The van der Waals surface area contributed by atoms with E-state index < -0.39 is 20.0 Å². The molecule has 10 aromatic rings. The van der Waals surface area contributed by atoms with E-state index in [9.17, 15) is 9.90 Å². The fraction of sp³-hybridized carbons (Fsp3) is 0.359. The predicted octanol–water partition coefficient (Wildman–Crippen LogP) is 12.5. The largest absolute Gasteiger partial charge is 0.444 e. The lowest BCUT2D eigenvalue weighted by atomic mass is 10.00. The number of rotatable bonds is 19. The summed E-state index contributed by atoms with van der Waals surface area (Å²) in [6, 6.07) is 35.0. The molecule has 0 bridgehead atoms. The molecule has 0 fully saturated rings. The molecule has 0 saturated heterocycles. The van der Waals surface area contributed by atoms with E-state index in [4.69, 9.17) is 45.2 Å². The molecule has 1 amide bonds. The van der Waals surface area contributed by atoms with Crippen LogP contribution in [-0.4, -0.2) is 95.9 Å². The van der Waals surface area contributed by atoms with Gasteiger partial charge < -0.3 is 30.4 Å². The van der Waals surface area contributed by atoms with Gasteiger partial charge in [0.25, 0.3) is 0 Å². The first-order valence-electron chi connectivity index (χ1n) is 28.6. The molecule has 0 aliphatic heterocycles. The molecule has 454 valence electrons. The number of hydrogen-bond acceptors (Lipinski definition) is 14. The third-order valence-corrected chi connectivity index (χ3v) is 19.5. The molecule has 22 heteroatoms. The Kier molecular flexibility index (Phi) is 21.7. The van der Waals surface area contributed by atoms with Gasteiger partial charge in [-0.2, -0.15) is 47.4 Å². The summed E-state index contributed by atoms with van der Waals surface area (Å²) in [6.45, 7) is 19.3. The Morgan fingerprint density at radius 2 is 1.16 bits per heavy atom. The van der Waals surface area contributed by atoms with Gasteiger partial charge in [-0.05, 0) is 143 Å². The Morgan fingerprint density at radius 1 is 0.651 bits per heavy atom. The summed E-state index contributed by atoms with van der Waals surface area (Å²) in [6.07, 6.45) is 11.0. The van der Waals surface area contributed by atoms with Crippen molar-refractivity contribution in [3.63, 3.8) is 0 Å². The molecule has 86 heavy (non-hydrogen) atoms. The minimum Gasteiger partial charge on any atom is -0.444 e. The number of benzene rings is 2. The number of unbranched alkanes of at least 4 members (excludes halogenated alkanes) is 1. The van der Waals surface area contributed by atoms with E-state index in [0.717, 1.165) is 103 Å². The van der Waals surface area contributed by atoms with E-state index in [1.54, 1.807) is 20.1 Å². The fourth-order valence-corrected chi connectivity index (χ4v) is 10.4. The highest BCUT2D eigenvalue weighted by Gasteiger charge is 2.37. The third kappa shape index (κ3) is 15.7. The van der Waals surface area contributed by atoms with Gasteiger partial charge in [0.1, 0.15) is 5.60 Å². The summed E-state index contributed by atoms with van der Waals surface area (Å²) in [5.41, 5.74) is 17.3. The van der Waals surface area contributed by atoms with Gasteiger partial charge in [0, 0.05) is 72.2 Å². The second kappa shape index (κ2) is 28.3. The van der Waals surface area contributed by atoms with Crippen molar-refractivity contribution in [2.24, 2.45) is 19.8 Å². The molecule has 0 unspecified atom stereocenters.